The number of hydrogen-bond acceptors (Lipinski definition) is 1. The molecule has 3 rings (SSSR count). The van der Waals surface area contributed by atoms with Crippen LogP contribution >= 0.6 is 0 Å². The fourth-order valence-corrected chi connectivity index (χ4v) is 3.37. The summed E-state index contributed by atoms with van der Waals surface area (Å²) in [6, 6.07) is 13.7. The summed E-state index contributed by atoms with van der Waals surface area (Å²) in [6.45, 7) is -0.867. The Morgan fingerprint density at radius 3 is 2.07 bits per heavy atom. The van der Waals surface area contributed by atoms with Crippen LogP contribution in [0.4, 0.5) is 17.6 Å². The van der Waals surface area contributed by atoms with Crippen molar-refractivity contribution in [1.82, 2.24) is 0 Å². The van der Waals surface area contributed by atoms with Crippen LogP contribution < -0.4 is 4.74 Å². The molecule has 0 aromatic heterocycles. The standard InChI is InChI=1S/C24H21F4O2/c1-2-3-15-4-9-17(10-5-15)22-21(29)14-20(25)19(23(22)26)13-8-16-6-11-18(12-7-16)30-24(27)28/h4-7,9-12,14,24H,2-3,8,13H2,1H3. The Morgan fingerprint density at radius 2 is 1.47 bits per heavy atom. The van der Waals surface area contributed by atoms with Gasteiger partial charge >= 0.3 is 6.61 Å². The molecule has 6 heteroatoms. The fraction of sp³-hybridized carbons (Fsp3) is 0.250. The van der Waals surface area contributed by atoms with E-state index >= 15 is 4.39 Å². The van der Waals surface area contributed by atoms with Crippen LogP contribution in [-0.2, 0) is 24.4 Å². The molecule has 0 N–H and O–H groups in total. The van der Waals surface area contributed by atoms with Gasteiger partial charge in [0.1, 0.15) is 17.4 Å². The molecule has 1 radical (unpaired) electrons. The van der Waals surface area contributed by atoms with Crippen LogP contribution in [0.3, 0.4) is 0 Å². The summed E-state index contributed by atoms with van der Waals surface area (Å²) < 4.78 is 58.2. The normalized spacial score (nSPS) is 11.1. The Labute approximate surface area is 172 Å². The molecule has 0 amide bonds. The van der Waals surface area contributed by atoms with Crippen LogP contribution in [0.5, 0.6) is 11.5 Å². The van der Waals surface area contributed by atoms with Crippen LogP contribution in [-0.4, -0.2) is 6.61 Å². The summed E-state index contributed by atoms with van der Waals surface area (Å²) in [5, 5.41) is 12.3. The van der Waals surface area contributed by atoms with Gasteiger partial charge in [-0.05, 0) is 48.1 Å². The monoisotopic (exact) mass is 417 g/mol. The van der Waals surface area contributed by atoms with E-state index in [1.54, 1.807) is 24.3 Å². The Balaban J connectivity index is 1.82. The number of rotatable bonds is 8. The number of benzene rings is 3. The van der Waals surface area contributed by atoms with Gasteiger partial charge in [0, 0.05) is 11.6 Å². The highest BCUT2D eigenvalue weighted by Gasteiger charge is 2.21. The van der Waals surface area contributed by atoms with Crippen LogP contribution in [0.15, 0.2) is 54.6 Å². The predicted octanol–water partition coefficient (Wildman–Crippen LogP) is 7.11. The lowest BCUT2D eigenvalue weighted by molar-refractivity contribution is -0.0498. The molecule has 0 fully saturated rings. The van der Waals surface area contributed by atoms with E-state index < -0.39 is 24.0 Å². The zero-order valence-corrected chi connectivity index (χ0v) is 16.4. The highest BCUT2D eigenvalue weighted by molar-refractivity contribution is 5.72. The van der Waals surface area contributed by atoms with Crippen molar-refractivity contribution in [2.24, 2.45) is 0 Å². The van der Waals surface area contributed by atoms with Gasteiger partial charge in [0.15, 0.2) is 5.75 Å². The SMILES string of the molecule is CCCc1ccc(-c2c([O])cc(F)c(CCc3ccc(OC(F)F)cc3)c2F)cc1. The first-order chi connectivity index (χ1) is 14.4. The molecule has 0 aliphatic heterocycles. The molecule has 0 unspecified atom stereocenters. The van der Waals surface area contributed by atoms with Crippen molar-refractivity contribution in [3.05, 3.63) is 82.9 Å². The minimum atomic E-state index is -2.92. The molecular formula is C24H21F4O2. The van der Waals surface area contributed by atoms with Gasteiger partial charge in [0.05, 0.1) is 5.56 Å². The summed E-state index contributed by atoms with van der Waals surface area (Å²) in [6.07, 6.45) is 2.14. The molecule has 3 aromatic carbocycles. The van der Waals surface area contributed by atoms with Gasteiger partial charge in [-0.3, -0.25) is 5.11 Å². The smallest absolute Gasteiger partial charge is 0.387 e. The summed E-state index contributed by atoms with van der Waals surface area (Å²) in [4.78, 5) is 0. The van der Waals surface area contributed by atoms with Crippen molar-refractivity contribution in [3.63, 3.8) is 0 Å². The van der Waals surface area contributed by atoms with E-state index in [-0.39, 0.29) is 29.7 Å². The predicted molar refractivity (Wildman–Crippen MR) is 106 cm³/mol. The van der Waals surface area contributed by atoms with Gasteiger partial charge < -0.3 is 4.74 Å². The third-order valence-electron chi connectivity index (χ3n) is 4.87. The number of ether oxygens (including phenoxy) is 1. The maximum absolute atomic E-state index is 15.1. The summed E-state index contributed by atoms with van der Waals surface area (Å²) >= 11 is 0. The van der Waals surface area contributed by atoms with Gasteiger partial charge in [-0.15, -0.1) is 0 Å². The Morgan fingerprint density at radius 1 is 0.867 bits per heavy atom. The first-order valence-corrected chi connectivity index (χ1v) is 9.70. The van der Waals surface area contributed by atoms with Crippen molar-refractivity contribution in [2.45, 2.75) is 39.2 Å². The lowest BCUT2D eigenvalue weighted by Gasteiger charge is -2.12. The van der Waals surface area contributed by atoms with E-state index in [2.05, 4.69) is 11.7 Å². The molecule has 0 aliphatic rings. The summed E-state index contributed by atoms with van der Waals surface area (Å²) in [7, 11) is 0. The number of aryl methyl sites for hydroxylation is 2. The Bertz CT molecular complexity index is 984. The van der Waals surface area contributed by atoms with E-state index in [4.69, 9.17) is 0 Å². The third kappa shape index (κ3) is 5.12. The highest BCUT2D eigenvalue weighted by atomic mass is 19.3. The average molecular weight is 417 g/mol. The second-order valence-corrected chi connectivity index (χ2v) is 6.99. The number of alkyl halides is 2. The van der Waals surface area contributed by atoms with Crippen LogP contribution in [0.1, 0.15) is 30.0 Å². The maximum Gasteiger partial charge on any atom is 0.387 e. The Kier molecular flexibility index (Phi) is 6.98. The third-order valence-corrected chi connectivity index (χ3v) is 4.87. The highest BCUT2D eigenvalue weighted by Crippen LogP contribution is 2.36. The van der Waals surface area contributed by atoms with Crippen molar-refractivity contribution in [3.8, 4) is 22.6 Å². The van der Waals surface area contributed by atoms with E-state index in [1.165, 1.54) is 12.1 Å². The van der Waals surface area contributed by atoms with Crippen molar-refractivity contribution in [2.75, 3.05) is 0 Å². The van der Waals surface area contributed by atoms with Crippen LogP contribution in [0, 0.1) is 11.6 Å². The molecule has 0 saturated carbocycles. The lowest BCUT2D eigenvalue weighted by atomic mass is 9.95. The largest absolute Gasteiger partial charge is 0.435 e. The molecule has 0 saturated heterocycles. The molecule has 0 bridgehead atoms. The second-order valence-electron chi connectivity index (χ2n) is 6.99. The zero-order valence-electron chi connectivity index (χ0n) is 16.4. The fourth-order valence-electron chi connectivity index (χ4n) is 3.37. The topological polar surface area (TPSA) is 29.1 Å². The molecule has 0 atom stereocenters. The Hall–Kier alpha value is -3.02. The van der Waals surface area contributed by atoms with Gasteiger partial charge in [0.25, 0.3) is 0 Å². The van der Waals surface area contributed by atoms with E-state index in [9.17, 15) is 18.3 Å². The molecule has 30 heavy (non-hydrogen) atoms. The molecule has 0 aliphatic carbocycles. The van der Waals surface area contributed by atoms with E-state index in [0.29, 0.717) is 11.1 Å². The molecule has 2 nitrogen and oxygen atoms in total. The first-order valence-electron chi connectivity index (χ1n) is 9.70. The first kappa shape index (κ1) is 21.7. The molecular weight excluding hydrogens is 396 g/mol. The number of hydrogen-bond donors (Lipinski definition) is 0. The second kappa shape index (κ2) is 9.65. The van der Waals surface area contributed by atoms with Crippen LogP contribution in [0.2, 0.25) is 0 Å². The van der Waals surface area contributed by atoms with Crippen molar-refractivity contribution < 1.29 is 27.4 Å². The van der Waals surface area contributed by atoms with E-state index in [1.807, 2.05) is 12.1 Å². The zero-order chi connectivity index (χ0) is 21.7. The van der Waals surface area contributed by atoms with Crippen molar-refractivity contribution in [1.29, 1.82) is 0 Å². The van der Waals surface area contributed by atoms with Gasteiger partial charge in [0.2, 0.25) is 0 Å². The summed E-state index contributed by atoms with van der Waals surface area (Å²) in [5.74, 6) is -2.44. The average Bonchev–Trinajstić information content (AvgIpc) is 2.70. The van der Waals surface area contributed by atoms with Crippen molar-refractivity contribution >= 4 is 0 Å². The maximum atomic E-state index is 15.1. The molecule has 0 spiro atoms. The quantitative estimate of drug-likeness (QED) is 0.359. The lowest BCUT2D eigenvalue weighted by Crippen LogP contribution is -2.03. The van der Waals surface area contributed by atoms with Gasteiger partial charge in [-0.2, -0.15) is 8.78 Å². The van der Waals surface area contributed by atoms with Gasteiger partial charge in [-0.25, -0.2) is 8.78 Å². The number of halogens is 4. The molecule has 0 heterocycles. The van der Waals surface area contributed by atoms with E-state index in [0.717, 1.165) is 24.5 Å². The minimum absolute atomic E-state index is 0.00984. The summed E-state index contributed by atoms with van der Waals surface area (Å²) in [5.41, 5.74) is 1.88. The van der Waals surface area contributed by atoms with Gasteiger partial charge in [-0.1, -0.05) is 49.7 Å². The molecule has 157 valence electrons. The molecule has 3 aromatic rings. The van der Waals surface area contributed by atoms with Crippen LogP contribution in [0.25, 0.3) is 11.1 Å². The minimum Gasteiger partial charge on any atom is -0.435 e.